The molecule has 1 saturated heterocycles. The van der Waals surface area contributed by atoms with Crippen LogP contribution in [0.4, 0.5) is 5.82 Å². The summed E-state index contributed by atoms with van der Waals surface area (Å²) in [6.07, 6.45) is 2.43. The number of hydrogen-bond donors (Lipinski definition) is 1. The van der Waals surface area contributed by atoms with Gasteiger partial charge >= 0.3 is 5.91 Å². The molecule has 2 aromatic carbocycles. The number of carbonyl (C=O) groups is 2. The number of Topliss-reactive ketones (excluding diaryl/α,β-unsaturated/α-hetero) is 1. The first-order valence-corrected chi connectivity index (χ1v) is 10.6. The van der Waals surface area contributed by atoms with Crippen LogP contribution in [-0.4, -0.2) is 35.5 Å². The summed E-state index contributed by atoms with van der Waals surface area (Å²) in [6.45, 7) is 2.60. The lowest BCUT2D eigenvalue weighted by molar-refractivity contribution is -0.132. The van der Waals surface area contributed by atoms with Crippen LogP contribution in [0, 0.1) is 0 Å². The van der Waals surface area contributed by atoms with Gasteiger partial charge in [0.25, 0.3) is 5.78 Å². The van der Waals surface area contributed by atoms with E-state index in [-0.39, 0.29) is 11.3 Å². The highest BCUT2D eigenvalue weighted by atomic mass is 16.5. The number of rotatable bonds is 7. The van der Waals surface area contributed by atoms with Crippen LogP contribution in [0.3, 0.4) is 0 Å². The van der Waals surface area contributed by atoms with Crippen molar-refractivity contribution in [2.24, 2.45) is 0 Å². The number of aliphatic hydroxyl groups excluding tert-OH is 1. The maximum absolute atomic E-state index is 13.1. The molecule has 1 amide bonds. The third-order valence-corrected chi connectivity index (χ3v) is 5.37. The molecule has 7 nitrogen and oxygen atoms in total. The zero-order chi connectivity index (χ0) is 23.4. The maximum Gasteiger partial charge on any atom is 0.301 e. The molecule has 33 heavy (non-hydrogen) atoms. The molecule has 1 aromatic heterocycles. The van der Waals surface area contributed by atoms with E-state index < -0.39 is 17.7 Å². The first-order chi connectivity index (χ1) is 16.0. The lowest BCUT2D eigenvalue weighted by atomic mass is 9.95. The van der Waals surface area contributed by atoms with Crippen molar-refractivity contribution in [2.45, 2.75) is 19.4 Å². The van der Waals surface area contributed by atoms with Gasteiger partial charge in [0.15, 0.2) is 0 Å². The molecule has 1 unspecified atom stereocenters. The molecule has 1 aliphatic heterocycles. The van der Waals surface area contributed by atoms with Gasteiger partial charge in [-0.2, -0.15) is 0 Å². The summed E-state index contributed by atoms with van der Waals surface area (Å²) < 4.78 is 10.8. The van der Waals surface area contributed by atoms with Gasteiger partial charge in [0.05, 0.1) is 25.3 Å². The maximum atomic E-state index is 13.1. The number of methoxy groups -OCH3 is 1. The second-order valence-corrected chi connectivity index (χ2v) is 7.50. The molecule has 0 spiro atoms. The Morgan fingerprint density at radius 3 is 2.30 bits per heavy atom. The smallest absolute Gasteiger partial charge is 0.301 e. The molecule has 4 rings (SSSR count). The Balaban J connectivity index is 1.83. The van der Waals surface area contributed by atoms with Crippen LogP contribution in [0.15, 0.2) is 78.5 Å². The largest absolute Gasteiger partial charge is 0.507 e. The number of anilines is 1. The second-order valence-electron chi connectivity index (χ2n) is 7.50. The van der Waals surface area contributed by atoms with Gasteiger partial charge in [0.1, 0.15) is 23.1 Å². The van der Waals surface area contributed by atoms with Gasteiger partial charge in [-0.15, -0.1) is 0 Å². The number of hydrogen-bond acceptors (Lipinski definition) is 6. The minimum Gasteiger partial charge on any atom is -0.507 e. The van der Waals surface area contributed by atoms with Gasteiger partial charge < -0.3 is 14.6 Å². The number of ether oxygens (including phenoxy) is 2. The fraction of sp³-hybridized carbons (Fsp3) is 0.192. The quantitative estimate of drug-likeness (QED) is 0.328. The molecule has 0 radical (unpaired) electrons. The number of aromatic nitrogens is 1. The zero-order valence-corrected chi connectivity index (χ0v) is 18.4. The summed E-state index contributed by atoms with van der Waals surface area (Å²) in [5.74, 6) is -0.160. The van der Waals surface area contributed by atoms with Gasteiger partial charge in [-0.25, -0.2) is 4.98 Å². The van der Waals surface area contributed by atoms with Crippen molar-refractivity contribution in [3.63, 3.8) is 0 Å². The second kappa shape index (κ2) is 9.56. The minimum absolute atomic E-state index is 0.00181. The molecule has 0 aliphatic carbocycles. The number of benzene rings is 2. The summed E-state index contributed by atoms with van der Waals surface area (Å²) >= 11 is 0. The highest BCUT2D eigenvalue weighted by Crippen LogP contribution is 2.41. The van der Waals surface area contributed by atoms with Crippen molar-refractivity contribution in [3.8, 4) is 11.5 Å². The van der Waals surface area contributed by atoms with E-state index >= 15 is 0 Å². The lowest BCUT2D eigenvalue weighted by Crippen LogP contribution is -2.30. The van der Waals surface area contributed by atoms with Crippen LogP contribution in [0.5, 0.6) is 11.5 Å². The Morgan fingerprint density at radius 1 is 1.00 bits per heavy atom. The van der Waals surface area contributed by atoms with E-state index in [1.165, 1.54) is 4.90 Å². The number of pyridine rings is 1. The monoisotopic (exact) mass is 444 g/mol. The normalized spacial score (nSPS) is 17.3. The fourth-order valence-corrected chi connectivity index (χ4v) is 3.75. The number of carbonyl (C=O) groups excluding carboxylic acids is 2. The van der Waals surface area contributed by atoms with E-state index in [4.69, 9.17) is 9.47 Å². The summed E-state index contributed by atoms with van der Waals surface area (Å²) in [7, 11) is 1.56. The Morgan fingerprint density at radius 2 is 1.70 bits per heavy atom. The SMILES string of the molecule is CCCOc1ccc(/C(O)=C2\C(=O)C(=O)N(c3ccccn3)C2c2ccc(OC)cc2)cc1. The van der Waals surface area contributed by atoms with Crippen molar-refractivity contribution in [2.75, 3.05) is 18.6 Å². The van der Waals surface area contributed by atoms with E-state index in [0.717, 1.165) is 6.42 Å². The van der Waals surface area contributed by atoms with E-state index in [1.54, 1.807) is 80.0 Å². The molecule has 1 fully saturated rings. The number of nitrogens with zero attached hydrogens (tertiary/aromatic N) is 2. The topological polar surface area (TPSA) is 89.0 Å². The van der Waals surface area contributed by atoms with Gasteiger partial charge in [-0.1, -0.05) is 25.1 Å². The highest BCUT2D eigenvalue weighted by Gasteiger charge is 2.47. The minimum atomic E-state index is -0.846. The fourth-order valence-electron chi connectivity index (χ4n) is 3.75. The van der Waals surface area contributed by atoms with E-state index in [2.05, 4.69) is 4.98 Å². The molecule has 1 N–H and O–H groups in total. The van der Waals surface area contributed by atoms with Crippen LogP contribution < -0.4 is 14.4 Å². The van der Waals surface area contributed by atoms with E-state index in [1.807, 2.05) is 6.92 Å². The third kappa shape index (κ3) is 4.30. The Labute approximate surface area is 191 Å². The van der Waals surface area contributed by atoms with Crippen LogP contribution in [0.25, 0.3) is 5.76 Å². The van der Waals surface area contributed by atoms with E-state index in [0.29, 0.717) is 35.1 Å². The van der Waals surface area contributed by atoms with Gasteiger partial charge in [-0.05, 0) is 60.5 Å². The average molecular weight is 444 g/mol. The molecule has 1 aliphatic rings. The standard InChI is InChI=1S/C26H24N2O5/c1-3-16-33-20-13-9-18(10-14-20)24(29)22-23(17-7-11-19(32-2)12-8-17)28(26(31)25(22)30)21-6-4-5-15-27-21/h4-15,23,29H,3,16H2,1-2H3/b24-22+. The Kier molecular flexibility index (Phi) is 6.40. The predicted molar refractivity (Wildman–Crippen MR) is 124 cm³/mol. The molecule has 3 aromatic rings. The summed E-state index contributed by atoms with van der Waals surface area (Å²) in [5.41, 5.74) is 1.06. The van der Waals surface area contributed by atoms with Crippen molar-refractivity contribution in [1.82, 2.24) is 4.98 Å². The van der Waals surface area contributed by atoms with Crippen LogP contribution in [0.2, 0.25) is 0 Å². The van der Waals surface area contributed by atoms with E-state index in [9.17, 15) is 14.7 Å². The summed E-state index contributed by atoms with van der Waals surface area (Å²) in [4.78, 5) is 31.8. The number of aliphatic hydroxyl groups is 1. The first-order valence-electron chi connectivity index (χ1n) is 10.6. The van der Waals surface area contributed by atoms with Crippen LogP contribution in [-0.2, 0) is 9.59 Å². The van der Waals surface area contributed by atoms with Crippen molar-refractivity contribution in [3.05, 3.63) is 89.6 Å². The molecule has 2 heterocycles. The van der Waals surface area contributed by atoms with Crippen LogP contribution >= 0.6 is 0 Å². The Hall–Kier alpha value is -4.13. The van der Waals surface area contributed by atoms with Gasteiger partial charge in [-0.3, -0.25) is 14.5 Å². The van der Waals surface area contributed by atoms with Gasteiger partial charge in [0.2, 0.25) is 0 Å². The molecule has 0 bridgehead atoms. The van der Waals surface area contributed by atoms with Gasteiger partial charge in [0, 0.05) is 11.8 Å². The number of amides is 1. The average Bonchev–Trinajstić information content (AvgIpc) is 3.13. The molecular weight excluding hydrogens is 420 g/mol. The summed E-state index contributed by atoms with van der Waals surface area (Å²) in [6, 6.07) is 18.1. The third-order valence-electron chi connectivity index (χ3n) is 5.37. The molecule has 0 saturated carbocycles. The molecule has 7 heteroatoms. The first kappa shape index (κ1) is 22.1. The van der Waals surface area contributed by atoms with Crippen LogP contribution in [0.1, 0.15) is 30.5 Å². The molecule has 1 atom stereocenters. The van der Waals surface area contributed by atoms with Crippen molar-refractivity contribution < 1.29 is 24.2 Å². The Bertz CT molecular complexity index is 1170. The highest BCUT2D eigenvalue weighted by molar-refractivity contribution is 6.51. The predicted octanol–water partition coefficient (Wildman–Crippen LogP) is 4.51. The zero-order valence-electron chi connectivity index (χ0n) is 18.4. The molecular formula is C26H24N2O5. The van der Waals surface area contributed by atoms with Crippen molar-refractivity contribution in [1.29, 1.82) is 0 Å². The molecule has 168 valence electrons. The summed E-state index contributed by atoms with van der Waals surface area (Å²) in [5, 5.41) is 11.2. The van der Waals surface area contributed by atoms with Crippen molar-refractivity contribution >= 4 is 23.3 Å². The lowest BCUT2D eigenvalue weighted by Gasteiger charge is -2.24. The number of ketones is 1.